The van der Waals surface area contributed by atoms with E-state index in [9.17, 15) is 27.6 Å². The minimum absolute atomic E-state index is 0.00640. The quantitative estimate of drug-likeness (QED) is 0.512. The summed E-state index contributed by atoms with van der Waals surface area (Å²) in [6, 6.07) is 8.72. The van der Waals surface area contributed by atoms with Gasteiger partial charge in [-0.05, 0) is 48.4 Å². The smallest absolute Gasteiger partial charge is 0.416 e. The zero-order valence-electron chi connectivity index (χ0n) is 17.7. The number of carbonyl (C=O) groups is 3. The molecule has 7 nitrogen and oxygen atoms in total. The highest BCUT2D eigenvalue weighted by atomic mass is 32.2. The topological polar surface area (TPSA) is 95.9 Å². The number of anilines is 1. The SMILES string of the molecule is COc1ccc(CC2SC(=S)N(CCC(=O)O)C2=O)cc1NC(=O)c1ccc(C(F)(F)F)cc1. The van der Waals surface area contributed by atoms with Gasteiger partial charge in [0.1, 0.15) is 10.1 Å². The van der Waals surface area contributed by atoms with Crippen LogP contribution in [0.1, 0.15) is 27.9 Å². The molecule has 3 rings (SSSR count). The van der Waals surface area contributed by atoms with Crippen molar-refractivity contribution in [2.75, 3.05) is 19.0 Å². The zero-order valence-corrected chi connectivity index (χ0v) is 19.4. The van der Waals surface area contributed by atoms with Crippen molar-refractivity contribution in [1.29, 1.82) is 0 Å². The summed E-state index contributed by atoms with van der Waals surface area (Å²) < 4.78 is 43.8. The standard InChI is InChI=1S/C22H19F3N2O5S2/c1-32-16-7-2-12(11-17-20(31)27(21(33)34-17)9-8-18(28)29)10-15(16)26-19(30)13-3-5-14(6-4-13)22(23,24)25/h2-7,10,17H,8-9,11H2,1H3,(H,26,30)(H,28,29). The first kappa shape index (κ1) is 25.5. The Hall–Kier alpha value is -3.12. The predicted molar refractivity (Wildman–Crippen MR) is 124 cm³/mol. The van der Waals surface area contributed by atoms with Crippen molar-refractivity contribution in [1.82, 2.24) is 4.90 Å². The fourth-order valence-electron chi connectivity index (χ4n) is 3.24. The Kier molecular flexibility index (Phi) is 7.82. The van der Waals surface area contributed by atoms with Gasteiger partial charge in [0.05, 0.1) is 30.0 Å². The number of thiocarbonyl (C=S) groups is 1. The summed E-state index contributed by atoms with van der Waals surface area (Å²) in [6.07, 6.45) is -4.46. The lowest BCUT2D eigenvalue weighted by Crippen LogP contribution is -2.33. The Bertz CT molecular complexity index is 1120. The van der Waals surface area contributed by atoms with Crippen molar-refractivity contribution >= 4 is 51.8 Å². The molecule has 1 atom stereocenters. The van der Waals surface area contributed by atoms with E-state index < -0.39 is 28.9 Å². The number of carbonyl (C=O) groups excluding carboxylic acids is 2. The molecule has 0 spiro atoms. The van der Waals surface area contributed by atoms with E-state index in [2.05, 4.69) is 5.32 Å². The van der Waals surface area contributed by atoms with Gasteiger partial charge in [0.2, 0.25) is 5.91 Å². The van der Waals surface area contributed by atoms with Crippen molar-refractivity contribution in [2.45, 2.75) is 24.3 Å². The van der Waals surface area contributed by atoms with Crippen LogP contribution in [0.4, 0.5) is 18.9 Å². The Morgan fingerprint density at radius 3 is 2.47 bits per heavy atom. The first-order valence-electron chi connectivity index (χ1n) is 9.89. The zero-order chi connectivity index (χ0) is 25.0. The van der Waals surface area contributed by atoms with Gasteiger partial charge < -0.3 is 15.2 Å². The summed E-state index contributed by atoms with van der Waals surface area (Å²) in [4.78, 5) is 37.3. The fraction of sp³-hybridized carbons (Fsp3) is 0.273. The number of ether oxygens (including phenoxy) is 1. The molecule has 1 aliphatic rings. The number of benzene rings is 2. The molecule has 2 N–H and O–H groups in total. The Balaban J connectivity index is 1.73. The molecule has 1 saturated heterocycles. The average Bonchev–Trinajstić information content (AvgIpc) is 3.04. The number of hydrogen-bond acceptors (Lipinski definition) is 6. The van der Waals surface area contributed by atoms with Gasteiger partial charge in [0, 0.05) is 12.1 Å². The van der Waals surface area contributed by atoms with Crippen LogP contribution in [0.3, 0.4) is 0 Å². The molecule has 0 aromatic heterocycles. The second kappa shape index (κ2) is 10.4. The summed E-state index contributed by atoms with van der Waals surface area (Å²) >= 11 is 6.36. The molecule has 0 bridgehead atoms. The second-order valence-corrected chi connectivity index (χ2v) is 9.11. The van der Waals surface area contributed by atoms with Gasteiger partial charge in [-0.3, -0.25) is 19.3 Å². The van der Waals surface area contributed by atoms with Gasteiger partial charge in [0.25, 0.3) is 5.91 Å². The maximum absolute atomic E-state index is 12.8. The van der Waals surface area contributed by atoms with E-state index >= 15 is 0 Å². The van der Waals surface area contributed by atoms with Crippen LogP contribution in [0.2, 0.25) is 0 Å². The van der Waals surface area contributed by atoms with Crippen LogP contribution >= 0.6 is 24.0 Å². The second-order valence-electron chi connectivity index (χ2n) is 7.27. The molecule has 0 saturated carbocycles. The first-order chi connectivity index (χ1) is 16.0. The van der Waals surface area contributed by atoms with Crippen molar-refractivity contribution in [2.24, 2.45) is 0 Å². The van der Waals surface area contributed by atoms with E-state index in [1.165, 1.54) is 12.0 Å². The highest BCUT2D eigenvalue weighted by molar-refractivity contribution is 8.24. The van der Waals surface area contributed by atoms with E-state index in [1.54, 1.807) is 18.2 Å². The molecule has 180 valence electrons. The molecular formula is C22H19F3N2O5S2. The van der Waals surface area contributed by atoms with E-state index in [0.717, 1.165) is 36.0 Å². The molecule has 0 aliphatic carbocycles. The summed E-state index contributed by atoms with van der Waals surface area (Å²) in [7, 11) is 1.40. The molecule has 1 unspecified atom stereocenters. The number of methoxy groups -OCH3 is 1. The number of rotatable bonds is 8. The number of hydrogen-bond donors (Lipinski definition) is 2. The summed E-state index contributed by atoms with van der Waals surface area (Å²) in [6.45, 7) is -0.00640. The maximum Gasteiger partial charge on any atom is 0.416 e. The lowest BCUT2D eigenvalue weighted by atomic mass is 10.1. The van der Waals surface area contributed by atoms with Crippen molar-refractivity contribution in [3.63, 3.8) is 0 Å². The summed E-state index contributed by atoms with van der Waals surface area (Å²) in [5.74, 6) is -1.63. The van der Waals surface area contributed by atoms with Gasteiger partial charge in [0.15, 0.2) is 0 Å². The number of nitrogens with one attached hydrogen (secondary N) is 1. The number of nitrogens with zero attached hydrogens (tertiary/aromatic N) is 1. The lowest BCUT2D eigenvalue weighted by Gasteiger charge is -2.15. The largest absolute Gasteiger partial charge is 0.495 e. The number of amides is 2. The van der Waals surface area contributed by atoms with Crippen LogP contribution in [0.15, 0.2) is 42.5 Å². The van der Waals surface area contributed by atoms with Gasteiger partial charge in [-0.2, -0.15) is 13.2 Å². The van der Waals surface area contributed by atoms with Crippen LogP contribution in [0.25, 0.3) is 0 Å². The minimum atomic E-state index is -4.51. The van der Waals surface area contributed by atoms with Gasteiger partial charge in [-0.1, -0.05) is 30.0 Å². The Morgan fingerprint density at radius 2 is 1.88 bits per heavy atom. The molecule has 1 aliphatic heterocycles. The molecule has 34 heavy (non-hydrogen) atoms. The molecule has 0 radical (unpaired) electrons. The normalized spacial score (nSPS) is 16.0. The van der Waals surface area contributed by atoms with E-state index in [-0.39, 0.29) is 36.5 Å². The van der Waals surface area contributed by atoms with Gasteiger partial charge >= 0.3 is 12.1 Å². The van der Waals surface area contributed by atoms with E-state index in [4.69, 9.17) is 22.1 Å². The summed E-state index contributed by atoms with van der Waals surface area (Å²) in [5, 5.41) is 10.9. The number of thioether (sulfide) groups is 1. The highest BCUT2D eigenvalue weighted by Gasteiger charge is 2.37. The third-order valence-corrected chi connectivity index (χ3v) is 6.55. The van der Waals surface area contributed by atoms with E-state index in [0.29, 0.717) is 15.6 Å². The van der Waals surface area contributed by atoms with Crippen LogP contribution in [-0.4, -0.2) is 51.0 Å². The van der Waals surface area contributed by atoms with Crippen LogP contribution in [0, 0.1) is 0 Å². The molecular weight excluding hydrogens is 493 g/mol. The molecule has 2 aromatic carbocycles. The molecule has 1 heterocycles. The fourth-order valence-corrected chi connectivity index (χ4v) is 4.82. The van der Waals surface area contributed by atoms with Crippen LogP contribution in [0.5, 0.6) is 5.75 Å². The molecule has 2 aromatic rings. The van der Waals surface area contributed by atoms with Crippen molar-refractivity contribution in [3.05, 3.63) is 59.2 Å². The van der Waals surface area contributed by atoms with Gasteiger partial charge in [-0.25, -0.2) is 0 Å². The minimum Gasteiger partial charge on any atom is -0.495 e. The maximum atomic E-state index is 12.8. The van der Waals surface area contributed by atoms with Crippen LogP contribution < -0.4 is 10.1 Å². The third-order valence-electron chi connectivity index (χ3n) is 4.96. The van der Waals surface area contributed by atoms with E-state index in [1.807, 2.05) is 0 Å². The monoisotopic (exact) mass is 512 g/mol. The van der Waals surface area contributed by atoms with Crippen molar-refractivity contribution < 1.29 is 37.4 Å². The van der Waals surface area contributed by atoms with Crippen molar-refractivity contribution in [3.8, 4) is 5.75 Å². The number of carboxylic acid groups (broad SMARTS) is 1. The number of aliphatic carboxylic acids is 1. The molecule has 1 fully saturated rings. The number of carboxylic acids is 1. The predicted octanol–water partition coefficient (Wildman–Crippen LogP) is 4.21. The third kappa shape index (κ3) is 6.06. The number of halogens is 3. The van der Waals surface area contributed by atoms with Gasteiger partial charge in [-0.15, -0.1) is 0 Å². The highest BCUT2D eigenvalue weighted by Crippen LogP contribution is 2.33. The Labute approximate surface area is 202 Å². The first-order valence-corrected chi connectivity index (χ1v) is 11.2. The lowest BCUT2D eigenvalue weighted by molar-refractivity contribution is -0.138. The molecule has 2 amide bonds. The molecule has 12 heteroatoms. The Morgan fingerprint density at radius 1 is 1.21 bits per heavy atom. The average molecular weight is 513 g/mol. The summed E-state index contributed by atoms with van der Waals surface area (Å²) in [5.41, 5.74) is 0.127. The van der Waals surface area contributed by atoms with Crippen LogP contribution in [-0.2, 0) is 22.2 Å². The number of alkyl halides is 3.